The van der Waals surface area contributed by atoms with Crippen molar-refractivity contribution in [1.29, 1.82) is 0 Å². The fraction of sp³-hybridized carbons (Fsp3) is 0.979. The Morgan fingerprint density at radius 2 is 0.476 bits per heavy atom. The molecule has 0 aromatic heterocycles. The van der Waals surface area contributed by atoms with Crippen LogP contribution in [0.15, 0.2) is 0 Å². The van der Waals surface area contributed by atoms with E-state index < -0.39 is 255 Å². The molecule has 21 aliphatic heterocycles. The molecule has 14 bridgehead atoms. The quantitative estimate of drug-likeness (QED) is 0.0807. The lowest BCUT2D eigenvalue weighted by Crippen LogP contribution is -2.68. The topological polar surface area (TPSA) is 575 Å². The molecule has 21 heterocycles. The van der Waals surface area contributed by atoms with Crippen LogP contribution in [-0.2, 0) is 71.1 Å². The van der Waals surface area contributed by atoms with Gasteiger partial charge >= 0.3 is 0 Å². The summed E-state index contributed by atoms with van der Waals surface area (Å²) in [5.41, 5.74) is 0. The number of aliphatic hydroxyl groups is 20. The van der Waals surface area contributed by atoms with Gasteiger partial charge in [-0.3, -0.25) is 4.79 Å². The number of nitrogens with one attached hydrogen (secondary N) is 2. The third-order valence-corrected chi connectivity index (χ3v) is 15.9. The molecule has 35 atom stereocenters. The van der Waals surface area contributed by atoms with E-state index in [-0.39, 0.29) is 25.5 Å². The van der Waals surface area contributed by atoms with Crippen LogP contribution in [0.2, 0.25) is 0 Å². The number of carbonyl (C=O) groups is 1. The minimum Gasteiger partial charge on any atom is -0.394 e. The van der Waals surface area contributed by atoms with Crippen LogP contribution in [0.4, 0.5) is 0 Å². The average Bonchev–Trinajstić information content (AvgIpc) is 3.59. The van der Waals surface area contributed by atoms with Crippen LogP contribution in [0.5, 0.6) is 0 Å². The summed E-state index contributed by atoms with van der Waals surface area (Å²) in [4.78, 5) is 11.5. The molecule has 21 rings (SSSR count). The van der Waals surface area contributed by atoms with Crippen LogP contribution in [0, 0.1) is 0 Å². The number of rotatable bonds is 12. The molecule has 0 saturated carbocycles. The highest BCUT2D eigenvalue weighted by atomic mass is 16.8. The van der Waals surface area contributed by atoms with E-state index in [1.54, 1.807) is 0 Å². The molecule has 21 fully saturated rings. The molecule has 37 nitrogen and oxygen atoms in total. The molecule has 0 aromatic carbocycles. The fourth-order valence-electron chi connectivity index (χ4n) is 11.2. The lowest BCUT2D eigenvalue weighted by Gasteiger charge is -2.50. The number of aliphatic hydroxyl groups excluding tert-OH is 20. The van der Waals surface area contributed by atoms with Crippen molar-refractivity contribution >= 4 is 5.91 Å². The molecule has 0 spiro atoms. The molecule has 84 heavy (non-hydrogen) atoms. The number of ether oxygens (including phenoxy) is 14. The molecule has 1 amide bonds. The van der Waals surface area contributed by atoms with Crippen molar-refractivity contribution in [3.63, 3.8) is 0 Å². The maximum absolute atomic E-state index is 11.7. The Labute approximate surface area is 476 Å². The summed E-state index contributed by atoms with van der Waals surface area (Å²) in [6.45, 7) is -4.88. The molecule has 0 radical (unpaired) electrons. The first-order valence-electron chi connectivity index (χ1n) is 27.3. The Bertz CT molecular complexity index is 2020. The van der Waals surface area contributed by atoms with Gasteiger partial charge in [-0.1, -0.05) is 0 Å². The van der Waals surface area contributed by atoms with E-state index in [1.165, 1.54) is 6.92 Å². The van der Waals surface area contributed by atoms with E-state index in [1.807, 2.05) is 0 Å². The number of hydrogen-bond acceptors (Lipinski definition) is 36. The van der Waals surface area contributed by atoms with Gasteiger partial charge in [0.05, 0.1) is 39.6 Å². The molecular formula is C47H80N2O35. The Kier molecular flexibility index (Phi) is 24.1. The summed E-state index contributed by atoms with van der Waals surface area (Å²) in [5.74, 6) is -0.315. The molecule has 488 valence electrons. The normalized spacial score (nSPS) is 51.7. The molecule has 0 aromatic rings. The summed E-state index contributed by atoms with van der Waals surface area (Å²) >= 11 is 0. The Morgan fingerprint density at radius 1 is 0.286 bits per heavy atom. The summed E-state index contributed by atoms with van der Waals surface area (Å²) in [7, 11) is 0. The lowest BCUT2D eigenvalue weighted by molar-refractivity contribution is -0.396. The van der Waals surface area contributed by atoms with E-state index in [0.717, 1.165) is 0 Å². The predicted molar refractivity (Wildman–Crippen MR) is 258 cm³/mol. The first-order valence-corrected chi connectivity index (χ1v) is 27.3. The van der Waals surface area contributed by atoms with E-state index in [0.29, 0.717) is 6.42 Å². The monoisotopic (exact) mass is 1230 g/mol. The maximum atomic E-state index is 11.7. The van der Waals surface area contributed by atoms with E-state index in [4.69, 9.17) is 66.3 Å². The van der Waals surface area contributed by atoms with Gasteiger partial charge in [-0.2, -0.15) is 0 Å². The third-order valence-electron chi connectivity index (χ3n) is 15.9. The highest BCUT2D eigenvalue weighted by Gasteiger charge is 2.59. The van der Waals surface area contributed by atoms with Crippen LogP contribution in [-0.4, -0.2) is 382 Å². The van der Waals surface area contributed by atoms with E-state index >= 15 is 0 Å². The SMILES string of the molecule is CC(=O)NCCCNC[C@H]1O[C@@H]2O[C@H]3[C@H](O)[C@H](O)[C@@H](O[C@H]4[C@H](O)[C@H](O)[C@@H](O[C@H]5[C@H](O)[C@@H](O)[C@@H](O[C@H]6[C@H](O)[C@@H](O)[C@@H](O[C@H]7[C@H](O)[C@@H](O)[C@@H](O[C@H]8[C@H](O)[C@@H](O)[C@@H](O[C@H]1[C@H](O)[C@H]2O)O[C@@H]8CO)O[C@@H]7CO)O[C@@H]6CO)O[C@@H]5CO)O[C@@H]4CO)O[C@@H]3CO. The first-order chi connectivity index (χ1) is 40.0. The van der Waals surface area contributed by atoms with Gasteiger partial charge in [0.1, 0.15) is 171 Å². The molecule has 37 heteroatoms. The van der Waals surface area contributed by atoms with Gasteiger partial charge in [0.25, 0.3) is 0 Å². The Morgan fingerprint density at radius 3 is 0.667 bits per heavy atom. The standard InChI is InChI=1S/C47H80N2O35/c1-12(56)49-4-2-3-48-5-13-34-20(57)27(64)41(71-13)79-35-14(6-50)73-43(29(66)22(35)59)81-37-16(8-52)75-45(31(68)24(37)61)83-39-18(10-54)77-47(33(70)26(39)63)84-40-19(11-55)76-46(32(69)25(40)62)82-38-17(9-53)74-44(30(67)23(38)60)80-36-15(7-51)72-42(78-34)28(65)21(36)58/h13-48,50-55,57-70H,2-11H2,1H3,(H,49,56)/t13-,14-,15-,16-,17-,18-,19-,20-,21-,22-,23-,24-,25-,26-,27-,28-,29+,30-,31+,32-,33-,34-,35-,36-,37-,38-,39-,40-,41-,42-,43-,44-,45-,46-,47-/m1/s1. The smallest absolute Gasteiger partial charge is 0.216 e. The second-order valence-electron chi connectivity index (χ2n) is 21.5. The van der Waals surface area contributed by atoms with Gasteiger partial charge in [-0.25, -0.2) is 0 Å². The van der Waals surface area contributed by atoms with Crippen LogP contribution >= 0.6 is 0 Å². The van der Waals surface area contributed by atoms with Crippen molar-refractivity contribution in [3.8, 4) is 0 Å². The largest absolute Gasteiger partial charge is 0.394 e. The number of carbonyl (C=O) groups excluding carboxylic acids is 1. The molecule has 0 unspecified atom stereocenters. The molecule has 0 aliphatic carbocycles. The minimum absolute atomic E-state index is 0.169. The highest BCUT2D eigenvalue weighted by molar-refractivity contribution is 5.72. The van der Waals surface area contributed by atoms with Crippen molar-refractivity contribution in [1.82, 2.24) is 10.6 Å². The van der Waals surface area contributed by atoms with Crippen LogP contribution in [0.1, 0.15) is 13.3 Å². The van der Waals surface area contributed by atoms with Crippen molar-refractivity contribution in [3.05, 3.63) is 0 Å². The van der Waals surface area contributed by atoms with Crippen LogP contribution < -0.4 is 10.6 Å². The van der Waals surface area contributed by atoms with Crippen molar-refractivity contribution in [2.24, 2.45) is 0 Å². The average molecular weight is 1230 g/mol. The van der Waals surface area contributed by atoms with Gasteiger partial charge < -0.3 is 179 Å². The van der Waals surface area contributed by atoms with Crippen molar-refractivity contribution in [2.75, 3.05) is 59.3 Å². The van der Waals surface area contributed by atoms with Crippen molar-refractivity contribution in [2.45, 2.75) is 228 Å². The first kappa shape index (κ1) is 68.0. The number of hydrogen-bond donors (Lipinski definition) is 22. The second-order valence-corrected chi connectivity index (χ2v) is 21.5. The minimum atomic E-state index is -2.21. The zero-order valence-corrected chi connectivity index (χ0v) is 44.8. The summed E-state index contributed by atoms with van der Waals surface area (Å²) in [6, 6.07) is 0. The summed E-state index contributed by atoms with van der Waals surface area (Å²) in [6.07, 6.45) is -69.4. The lowest BCUT2D eigenvalue weighted by atomic mass is 9.95. The van der Waals surface area contributed by atoms with Gasteiger partial charge in [-0.15, -0.1) is 0 Å². The zero-order chi connectivity index (χ0) is 61.2. The van der Waals surface area contributed by atoms with Gasteiger partial charge in [0.2, 0.25) is 5.91 Å². The van der Waals surface area contributed by atoms with E-state index in [2.05, 4.69) is 10.6 Å². The van der Waals surface area contributed by atoms with Crippen LogP contribution in [0.3, 0.4) is 0 Å². The second kappa shape index (κ2) is 29.8. The molecule has 21 aliphatic rings. The van der Waals surface area contributed by atoms with Crippen molar-refractivity contribution < 1.29 is 173 Å². The zero-order valence-electron chi connectivity index (χ0n) is 44.8. The van der Waals surface area contributed by atoms with Crippen LogP contribution in [0.25, 0.3) is 0 Å². The van der Waals surface area contributed by atoms with Gasteiger partial charge in [0, 0.05) is 20.0 Å². The third kappa shape index (κ3) is 14.3. The predicted octanol–water partition coefficient (Wildman–Crippen LogP) is -15.1. The van der Waals surface area contributed by atoms with Gasteiger partial charge in [-0.05, 0) is 13.0 Å². The maximum Gasteiger partial charge on any atom is 0.216 e. The van der Waals surface area contributed by atoms with Gasteiger partial charge in [0.15, 0.2) is 44.0 Å². The summed E-state index contributed by atoms with van der Waals surface area (Å²) in [5, 5.41) is 228. The summed E-state index contributed by atoms with van der Waals surface area (Å²) < 4.78 is 81.0. The van der Waals surface area contributed by atoms with E-state index in [9.17, 15) is 107 Å². The highest BCUT2D eigenvalue weighted by Crippen LogP contribution is 2.39. The molecule has 21 saturated heterocycles. The molecule has 22 N–H and O–H groups in total. The fourth-order valence-corrected chi connectivity index (χ4v) is 11.2. The number of amides is 1. The Hall–Kier alpha value is -1.93. The Balaban J connectivity index is 1.09. The molecular weight excluding hydrogens is 1150 g/mol.